The van der Waals surface area contributed by atoms with Crippen molar-refractivity contribution in [2.24, 2.45) is 5.92 Å². The minimum Gasteiger partial charge on any atom is -0.388 e. The fraction of sp³-hybridized carbons (Fsp3) is 0.375. The van der Waals surface area contributed by atoms with Gasteiger partial charge in [0.2, 0.25) is 0 Å². The van der Waals surface area contributed by atoms with Gasteiger partial charge in [-0.25, -0.2) is 0 Å². The highest BCUT2D eigenvalue weighted by Crippen LogP contribution is 2.36. The molecule has 0 aliphatic heterocycles. The summed E-state index contributed by atoms with van der Waals surface area (Å²) in [5, 5.41) is 12.8. The van der Waals surface area contributed by atoms with Crippen LogP contribution < -0.4 is 0 Å². The third-order valence-electron chi connectivity index (χ3n) is 3.96. The van der Waals surface area contributed by atoms with E-state index in [-0.39, 0.29) is 6.10 Å². The summed E-state index contributed by atoms with van der Waals surface area (Å²) in [5.41, 5.74) is 1.08. The van der Waals surface area contributed by atoms with Crippen LogP contribution in [0.2, 0.25) is 0 Å². The van der Waals surface area contributed by atoms with Crippen molar-refractivity contribution in [3.63, 3.8) is 0 Å². The first-order chi connectivity index (χ1) is 8.34. The van der Waals surface area contributed by atoms with E-state index in [1.54, 1.807) is 0 Å². The number of rotatable bonds is 2. The topological polar surface area (TPSA) is 20.2 Å². The molecule has 0 spiro atoms. The summed E-state index contributed by atoms with van der Waals surface area (Å²) in [6.07, 6.45) is 4.62. The van der Waals surface area contributed by atoms with Gasteiger partial charge < -0.3 is 5.11 Å². The van der Waals surface area contributed by atoms with Gasteiger partial charge in [0.25, 0.3) is 0 Å². The molecule has 0 amide bonds. The van der Waals surface area contributed by atoms with Crippen LogP contribution in [0.4, 0.5) is 0 Å². The molecule has 1 aliphatic rings. The highest BCUT2D eigenvalue weighted by atomic mass is 16.3. The van der Waals surface area contributed by atoms with Crippen LogP contribution in [0.3, 0.4) is 0 Å². The SMILES string of the molecule is OC(c1ccc2ccccc2c1)C1CCCC1. The van der Waals surface area contributed by atoms with Crippen molar-refractivity contribution in [1.82, 2.24) is 0 Å². The molecule has 88 valence electrons. The molecule has 0 radical (unpaired) electrons. The molecule has 1 nitrogen and oxygen atoms in total. The van der Waals surface area contributed by atoms with Gasteiger partial charge in [0, 0.05) is 0 Å². The van der Waals surface area contributed by atoms with Gasteiger partial charge in [-0.15, -0.1) is 0 Å². The molecule has 0 heterocycles. The molecule has 1 unspecified atom stereocenters. The number of benzene rings is 2. The van der Waals surface area contributed by atoms with Crippen LogP contribution >= 0.6 is 0 Å². The van der Waals surface area contributed by atoms with Gasteiger partial charge in [0.05, 0.1) is 6.10 Å². The largest absolute Gasteiger partial charge is 0.388 e. The molecule has 0 saturated heterocycles. The van der Waals surface area contributed by atoms with Gasteiger partial charge in [-0.05, 0) is 41.2 Å². The van der Waals surface area contributed by atoms with Gasteiger partial charge in [-0.2, -0.15) is 0 Å². The molecule has 17 heavy (non-hydrogen) atoms. The highest BCUT2D eigenvalue weighted by Gasteiger charge is 2.24. The Bertz CT molecular complexity index is 512. The van der Waals surface area contributed by atoms with Crippen LogP contribution in [0.15, 0.2) is 42.5 Å². The lowest BCUT2D eigenvalue weighted by atomic mass is 9.93. The summed E-state index contributed by atoms with van der Waals surface area (Å²) >= 11 is 0. The number of hydrogen-bond acceptors (Lipinski definition) is 1. The lowest BCUT2D eigenvalue weighted by molar-refractivity contribution is 0.112. The van der Waals surface area contributed by atoms with Crippen LogP contribution in [0.1, 0.15) is 37.4 Å². The summed E-state index contributed by atoms with van der Waals surface area (Å²) in [6.45, 7) is 0. The van der Waals surface area contributed by atoms with E-state index in [2.05, 4.69) is 36.4 Å². The number of aliphatic hydroxyl groups excluding tert-OH is 1. The van der Waals surface area contributed by atoms with Crippen molar-refractivity contribution in [3.8, 4) is 0 Å². The second-order valence-electron chi connectivity index (χ2n) is 5.10. The molecule has 1 atom stereocenters. The third kappa shape index (κ3) is 2.07. The maximum Gasteiger partial charge on any atom is 0.0818 e. The Balaban J connectivity index is 1.94. The molecule has 1 aliphatic carbocycles. The second-order valence-corrected chi connectivity index (χ2v) is 5.10. The summed E-state index contributed by atoms with van der Waals surface area (Å²) < 4.78 is 0. The average molecular weight is 226 g/mol. The van der Waals surface area contributed by atoms with Crippen molar-refractivity contribution < 1.29 is 5.11 Å². The summed E-state index contributed by atoms with van der Waals surface area (Å²) in [5.74, 6) is 0.469. The first kappa shape index (κ1) is 10.8. The lowest BCUT2D eigenvalue weighted by Crippen LogP contribution is -2.08. The highest BCUT2D eigenvalue weighted by molar-refractivity contribution is 5.83. The first-order valence-electron chi connectivity index (χ1n) is 6.51. The number of aliphatic hydroxyl groups is 1. The van der Waals surface area contributed by atoms with Gasteiger partial charge in [0.1, 0.15) is 0 Å². The molecule has 0 bridgehead atoms. The molecular weight excluding hydrogens is 208 g/mol. The molecule has 3 rings (SSSR count). The Morgan fingerprint density at radius 3 is 2.41 bits per heavy atom. The number of hydrogen-bond donors (Lipinski definition) is 1. The minimum atomic E-state index is -0.276. The predicted octanol–water partition coefficient (Wildman–Crippen LogP) is 4.06. The third-order valence-corrected chi connectivity index (χ3v) is 3.96. The Morgan fingerprint density at radius 1 is 0.941 bits per heavy atom. The van der Waals surface area contributed by atoms with E-state index in [0.29, 0.717) is 5.92 Å². The van der Waals surface area contributed by atoms with E-state index < -0.39 is 0 Å². The Labute approximate surface area is 102 Å². The molecule has 2 aromatic carbocycles. The monoisotopic (exact) mass is 226 g/mol. The quantitative estimate of drug-likeness (QED) is 0.818. The van der Waals surface area contributed by atoms with Crippen molar-refractivity contribution >= 4 is 10.8 Å². The van der Waals surface area contributed by atoms with E-state index in [9.17, 15) is 5.11 Å². The van der Waals surface area contributed by atoms with Crippen molar-refractivity contribution in [3.05, 3.63) is 48.0 Å². The average Bonchev–Trinajstić information content (AvgIpc) is 2.91. The van der Waals surface area contributed by atoms with Crippen LogP contribution in [-0.2, 0) is 0 Å². The summed E-state index contributed by atoms with van der Waals surface area (Å²) in [6, 6.07) is 14.7. The maximum atomic E-state index is 10.4. The minimum absolute atomic E-state index is 0.276. The molecule has 1 N–H and O–H groups in total. The van der Waals surface area contributed by atoms with Gasteiger partial charge in [-0.1, -0.05) is 49.2 Å². The molecule has 0 aromatic heterocycles. The Hall–Kier alpha value is -1.34. The summed E-state index contributed by atoms with van der Waals surface area (Å²) in [7, 11) is 0. The van der Waals surface area contributed by atoms with Crippen molar-refractivity contribution in [2.75, 3.05) is 0 Å². The van der Waals surface area contributed by atoms with Crippen LogP contribution in [0, 0.1) is 5.92 Å². The van der Waals surface area contributed by atoms with E-state index in [1.807, 2.05) is 6.07 Å². The van der Waals surface area contributed by atoms with Crippen molar-refractivity contribution in [2.45, 2.75) is 31.8 Å². The van der Waals surface area contributed by atoms with Gasteiger partial charge in [-0.3, -0.25) is 0 Å². The lowest BCUT2D eigenvalue weighted by Gasteiger charge is -2.18. The smallest absolute Gasteiger partial charge is 0.0818 e. The van der Waals surface area contributed by atoms with Gasteiger partial charge >= 0.3 is 0 Å². The van der Waals surface area contributed by atoms with E-state index in [0.717, 1.165) is 5.56 Å². The molecule has 2 aromatic rings. The number of fused-ring (bicyclic) bond motifs is 1. The first-order valence-corrected chi connectivity index (χ1v) is 6.51. The Morgan fingerprint density at radius 2 is 1.65 bits per heavy atom. The van der Waals surface area contributed by atoms with Crippen molar-refractivity contribution in [1.29, 1.82) is 0 Å². The van der Waals surface area contributed by atoms with E-state index in [1.165, 1.54) is 36.5 Å². The molecule has 1 fully saturated rings. The van der Waals surface area contributed by atoms with E-state index >= 15 is 0 Å². The van der Waals surface area contributed by atoms with Gasteiger partial charge in [0.15, 0.2) is 0 Å². The normalized spacial score (nSPS) is 18.6. The Kier molecular flexibility index (Phi) is 2.86. The van der Waals surface area contributed by atoms with Crippen LogP contribution in [0.5, 0.6) is 0 Å². The van der Waals surface area contributed by atoms with E-state index in [4.69, 9.17) is 0 Å². The zero-order valence-electron chi connectivity index (χ0n) is 9.97. The molecular formula is C16H18O. The second kappa shape index (κ2) is 4.50. The standard InChI is InChI=1S/C16H18O/c17-16(13-6-2-3-7-13)15-10-9-12-5-1-4-8-14(12)11-15/h1,4-5,8-11,13,16-17H,2-3,6-7H2. The van der Waals surface area contributed by atoms with Crippen LogP contribution in [0.25, 0.3) is 10.8 Å². The fourth-order valence-electron chi connectivity index (χ4n) is 2.94. The maximum absolute atomic E-state index is 10.4. The molecule has 1 heteroatoms. The van der Waals surface area contributed by atoms with Crippen LogP contribution in [-0.4, -0.2) is 5.11 Å². The summed E-state index contributed by atoms with van der Waals surface area (Å²) in [4.78, 5) is 0. The predicted molar refractivity (Wildman–Crippen MR) is 70.9 cm³/mol. The fourth-order valence-corrected chi connectivity index (χ4v) is 2.94. The zero-order chi connectivity index (χ0) is 11.7. The zero-order valence-corrected chi connectivity index (χ0v) is 9.97. The molecule has 1 saturated carbocycles.